The fourth-order valence-electron chi connectivity index (χ4n) is 1.57. The van der Waals surface area contributed by atoms with Gasteiger partial charge < -0.3 is 15.7 Å². The zero-order valence-corrected chi connectivity index (χ0v) is 11.9. The van der Waals surface area contributed by atoms with Gasteiger partial charge >= 0.3 is 11.8 Å². The third-order valence-electron chi connectivity index (χ3n) is 2.92. The molecule has 21 heavy (non-hydrogen) atoms. The quantitative estimate of drug-likeness (QED) is 0.720. The first kappa shape index (κ1) is 17.0. The predicted octanol–water partition coefficient (Wildman–Crippen LogP) is 1.43. The number of benzene rings is 1. The summed E-state index contributed by atoms with van der Waals surface area (Å²) in [6.45, 7) is 3.76. The number of rotatable bonds is 5. The van der Waals surface area contributed by atoms with Gasteiger partial charge in [-0.1, -0.05) is 19.9 Å². The van der Waals surface area contributed by atoms with E-state index in [4.69, 9.17) is 5.11 Å². The van der Waals surface area contributed by atoms with E-state index in [1.165, 1.54) is 6.07 Å². The molecule has 0 spiro atoms. The van der Waals surface area contributed by atoms with Gasteiger partial charge in [0.1, 0.15) is 0 Å². The molecular weight excluding hydrogens is 282 g/mol. The van der Waals surface area contributed by atoms with Crippen molar-refractivity contribution in [2.45, 2.75) is 20.3 Å². The lowest BCUT2D eigenvalue weighted by atomic mass is 9.90. The van der Waals surface area contributed by atoms with Crippen molar-refractivity contribution in [2.75, 3.05) is 18.5 Å². The maximum atomic E-state index is 13.4. The minimum absolute atomic E-state index is 0.0381. The molecule has 0 aliphatic heterocycles. The van der Waals surface area contributed by atoms with Gasteiger partial charge in [0.25, 0.3) is 0 Å². The lowest BCUT2D eigenvalue weighted by Crippen LogP contribution is -2.40. The minimum Gasteiger partial charge on any atom is -0.396 e. The summed E-state index contributed by atoms with van der Waals surface area (Å²) < 4.78 is 26.3. The predicted molar refractivity (Wildman–Crippen MR) is 73.5 cm³/mol. The highest BCUT2D eigenvalue weighted by molar-refractivity contribution is 6.39. The third-order valence-corrected chi connectivity index (χ3v) is 2.92. The van der Waals surface area contributed by atoms with Crippen molar-refractivity contribution in [2.24, 2.45) is 5.41 Å². The average molecular weight is 300 g/mol. The smallest absolute Gasteiger partial charge is 0.313 e. The number of hydrogen-bond donors (Lipinski definition) is 3. The zero-order valence-electron chi connectivity index (χ0n) is 11.9. The zero-order chi connectivity index (χ0) is 16.0. The highest BCUT2D eigenvalue weighted by Crippen LogP contribution is 2.18. The molecule has 0 saturated carbocycles. The fourth-order valence-corrected chi connectivity index (χ4v) is 1.57. The van der Waals surface area contributed by atoms with E-state index in [1.807, 2.05) is 19.2 Å². The highest BCUT2D eigenvalue weighted by Gasteiger charge is 2.22. The van der Waals surface area contributed by atoms with Crippen molar-refractivity contribution in [1.29, 1.82) is 0 Å². The van der Waals surface area contributed by atoms with Crippen molar-refractivity contribution in [3.05, 3.63) is 29.8 Å². The van der Waals surface area contributed by atoms with Crippen LogP contribution in [0, 0.1) is 17.0 Å². The van der Waals surface area contributed by atoms with E-state index in [9.17, 15) is 18.4 Å². The number of carbonyl (C=O) groups is 2. The van der Waals surface area contributed by atoms with Crippen LogP contribution in [0.25, 0.3) is 0 Å². The Kier molecular flexibility index (Phi) is 5.78. The topological polar surface area (TPSA) is 78.4 Å². The van der Waals surface area contributed by atoms with Gasteiger partial charge in [-0.15, -0.1) is 0 Å². The highest BCUT2D eigenvalue weighted by atomic mass is 19.2. The summed E-state index contributed by atoms with van der Waals surface area (Å²) in [4.78, 5) is 23.2. The Hall–Kier alpha value is -2.02. The number of amides is 2. The molecule has 0 aliphatic rings. The lowest BCUT2D eigenvalue weighted by Gasteiger charge is -2.23. The van der Waals surface area contributed by atoms with Gasteiger partial charge in [-0.05, 0) is 24.0 Å². The van der Waals surface area contributed by atoms with E-state index in [1.54, 1.807) is 0 Å². The number of carbonyl (C=O) groups excluding carboxylic acids is 2. The summed E-state index contributed by atoms with van der Waals surface area (Å²) >= 11 is 0. The molecule has 0 bridgehead atoms. The van der Waals surface area contributed by atoms with Crippen LogP contribution >= 0.6 is 0 Å². The summed E-state index contributed by atoms with van der Waals surface area (Å²) in [6, 6.07) is 3.28. The number of aliphatic hydroxyl groups excluding tert-OH is 1. The maximum absolute atomic E-state index is 13.4. The Bertz CT molecular complexity index is 533. The van der Waals surface area contributed by atoms with Gasteiger partial charge in [0.05, 0.1) is 5.69 Å². The number of hydrogen-bond acceptors (Lipinski definition) is 3. The van der Waals surface area contributed by atoms with E-state index >= 15 is 0 Å². The SMILES string of the molecule is CC(C)(CCO)CNC(=O)C(=O)Nc1cccc(F)c1F. The first-order chi connectivity index (χ1) is 9.76. The Balaban J connectivity index is 2.60. The Morgan fingerprint density at radius 1 is 1.24 bits per heavy atom. The summed E-state index contributed by atoms with van der Waals surface area (Å²) in [7, 11) is 0. The van der Waals surface area contributed by atoms with Crippen LogP contribution in [0.4, 0.5) is 14.5 Å². The van der Waals surface area contributed by atoms with Gasteiger partial charge in [0, 0.05) is 13.2 Å². The first-order valence-electron chi connectivity index (χ1n) is 6.41. The second kappa shape index (κ2) is 7.12. The molecule has 1 rings (SSSR count). The molecule has 0 heterocycles. The van der Waals surface area contributed by atoms with Gasteiger partial charge in [-0.3, -0.25) is 9.59 Å². The molecule has 0 fully saturated rings. The molecule has 0 radical (unpaired) electrons. The van der Waals surface area contributed by atoms with Crippen molar-refractivity contribution in [1.82, 2.24) is 5.32 Å². The monoisotopic (exact) mass is 300 g/mol. The average Bonchev–Trinajstić information content (AvgIpc) is 2.41. The van der Waals surface area contributed by atoms with Crippen LogP contribution in [0.2, 0.25) is 0 Å². The van der Waals surface area contributed by atoms with Crippen molar-refractivity contribution in [3.8, 4) is 0 Å². The van der Waals surface area contributed by atoms with E-state index in [0.717, 1.165) is 12.1 Å². The molecule has 0 unspecified atom stereocenters. The third kappa shape index (κ3) is 5.11. The molecule has 0 aromatic heterocycles. The normalized spacial score (nSPS) is 11.1. The Labute approximate surface area is 121 Å². The van der Waals surface area contributed by atoms with Crippen molar-refractivity contribution < 1.29 is 23.5 Å². The molecule has 0 saturated heterocycles. The Morgan fingerprint density at radius 3 is 2.52 bits per heavy atom. The van der Waals surface area contributed by atoms with Crippen LogP contribution < -0.4 is 10.6 Å². The number of halogens is 2. The van der Waals surface area contributed by atoms with Gasteiger partial charge in [-0.25, -0.2) is 8.78 Å². The first-order valence-corrected chi connectivity index (χ1v) is 6.41. The summed E-state index contributed by atoms with van der Waals surface area (Å²) in [5.41, 5.74) is -0.779. The number of aliphatic hydroxyl groups is 1. The van der Waals surface area contributed by atoms with Gasteiger partial charge in [-0.2, -0.15) is 0 Å². The van der Waals surface area contributed by atoms with E-state index in [2.05, 4.69) is 5.32 Å². The molecule has 0 atom stereocenters. The summed E-state index contributed by atoms with van der Waals surface area (Å²) in [6.07, 6.45) is 0.452. The van der Waals surface area contributed by atoms with Crippen LogP contribution in [-0.2, 0) is 9.59 Å². The minimum atomic E-state index is -1.22. The standard InChI is InChI=1S/C14H18F2N2O3/c1-14(2,6-7-19)8-17-12(20)13(21)18-10-5-3-4-9(15)11(10)16/h3-5,19H,6-8H2,1-2H3,(H,17,20)(H,18,21). The summed E-state index contributed by atoms with van der Waals surface area (Å²) in [5, 5.41) is 13.2. The molecule has 5 nitrogen and oxygen atoms in total. The molecule has 1 aromatic rings. The fraction of sp³-hybridized carbons (Fsp3) is 0.429. The second-order valence-electron chi connectivity index (χ2n) is 5.38. The van der Waals surface area contributed by atoms with Gasteiger partial charge in [0.15, 0.2) is 11.6 Å². The molecule has 0 aliphatic carbocycles. The van der Waals surface area contributed by atoms with E-state index in [0.29, 0.717) is 6.42 Å². The Morgan fingerprint density at radius 2 is 1.90 bits per heavy atom. The van der Waals surface area contributed by atoms with E-state index in [-0.39, 0.29) is 18.6 Å². The van der Waals surface area contributed by atoms with Crippen LogP contribution in [-0.4, -0.2) is 30.1 Å². The number of anilines is 1. The van der Waals surface area contributed by atoms with Crippen LogP contribution in [0.15, 0.2) is 18.2 Å². The van der Waals surface area contributed by atoms with Gasteiger partial charge in [0.2, 0.25) is 0 Å². The van der Waals surface area contributed by atoms with Crippen LogP contribution in [0.1, 0.15) is 20.3 Å². The maximum Gasteiger partial charge on any atom is 0.313 e. The van der Waals surface area contributed by atoms with Crippen LogP contribution in [0.5, 0.6) is 0 Å². The van der Waals surface area contributed by atoms with Crippen molar-refractivity contribution in [3.63, 3.8) is 0 Å². The van der Waals surface area contributed by atoms with Crippen LogP contribution in [0.3, 0.4) is 0 Å². The molecule has 116 valence electrons. The molecule has 3 N–H and O–H groups in total. The number of nitrogens with one attached hydrogen (secondary N) is 2. The largest absolute Gasteiger partial charge is 0.396 e. The molecule has 2 amide bonds. The summed E-state index contributed by atoms with van der Waals surface area (Å²) in [5.74, 6) is -4.37. The molecule has 7 heteroatoms. The van der Waals surface area contributed by atoms with Crippen molar-refractivity contribution >= 4 is 17.5 Å². The lowest BCUT2D eigenvalue weighted by molar-refractivity contribution is -0.136. The molecule has 1 aromatic carbocycles. The van der Waals surface area contributed by atoms with E-state index < -0.39 is 29.1 Å². The molecular formula is C14H18F2N2O3. The second-order valence-corrected chi connectivity index (χ2v) is 5.38.